The molecule has 0 saturated carbocycles. The van der Waals surface area contributed by atoms with Crippen molar-refractivity contribution in [3.8, 4) is 0 Å². The van der Waals surface area contributed by atoms with Crippen LogP contribution in [0.4, 0.5) is 5.69 Å². The molecule has 1 aromatic carbocycles. The number of benzene rings is 1. The molecular formula is C11H15NO3. The fraction of sp³-hybridized carbons (Fsp3) is 0.364. The molecule has 0 aliphatic rings. The largest absolute Gasteiger partial charge is 0.387 e. The smallest absolute Gasteiger partial charge is 0.250 e. The first-order chi connectivity index (χ1) is 7.26. The van der Waals surface area contributed by atoms with Crippen molar-refractivity contribution in [2.75, 3.05) is 18.5 Å². The van der Waals surface area contributed by atoms with E-state index >= 15 is 0 Å². The number of amides is 1. The summed E-state index contributed by atoms with van der Waals surface area (Å²) in [5.41, 5.74) is 1.67. The minimum Gasteiger partial charge on any atom is -0.387 e. The molecule has 0 atom stereocenters. The van der Waals surface area contributed by atoms with Crippen molar-refractivity contribution in [2.45, 2.75) is 13.5 Å². The summed E-state index contributed by atoms with van der Waals surface area (Å²) in [6, 6.07) is 7.35. The van der Waals surface area contributed by atoms with E-state index in [1.165, 1.54) is 0 Å². The van der Waals surface area contributed by atoms with E-state index in [1.54, 1.807) is 6.07 Å². The second-order valence-electron chi connectivity index (χ2n) is 3.04. The molecule has 0 fully saturated rings. The fourth-order valence-corrected chi connectivity index (χ4v) is 1.16. The van der Waals surface area contributed by atoms with E-state index in [0.717, 1.165) is 5.56 Å². The number of anilines is 1. The van der Waals surface area contributed by atoms with Crippen molar-refractivity contribution in [2.24, 2.45) is 0 Å². The normalized spacial score (nSPS) is 10.0. The van der Waals surface area contributed by atoms with Gasteiger partial charge in [-0.15, -0.1) is 0 Å². The lowest BCUT2D eigenvalue weighted by Crippen LogP contribution is -2.15. The third-order valence-electron chi connectivity index (χ3n) is 1.83. The molecule has 0 spiro atoms. The Kier molecular flexibility index (Phi) is 4.80. The molecular weight excluding hydrogens is 194 g/mol. The van der Waals surface area contributed by atoms with Crippen molar-refractivity contribution in [3.05, 3.63) is 29.8 Å². The van der Waals surface area contributed by atoms with Crippen LogP contribution < -0.4 is 5.32 Å². The average molecular weight is 209 g/mol. The minimum absolute atomic E-state index is 0.413. The third-order valence-corrected chi connectivity index (χ3v) is 1.83. The lowest BCUT2D eigenvalue weighted by molar-refractivity contribution is -0.118. The van der Waals surface area contributed by atoms with Crippen LogP contribution >= 0.6 is 0 Å². The lowest BCUT2D eigenvalue weighted by Gasteiger charge is -2.06. The highest BCUT2D eigenvalue weighted by atomic mass is 16.5. The average Bonchev–Trinajstić information content (AvgIpc) is 2.26. The Bertz CT molecular complexity index is 325. The number of carbonyl (C=O) groups is 1. The third kappa shape index (κ3) is 4.10. The van der Waals surface area contributed by atoms with Crippen molar-refractivity contribution in [3.63, 3.8) is 0 Å². The molecule has 82 valence electrons. The van der Waals surface area contributed by atoms with E-state index in [9.17, 15) is 4.79 Å². The topological polar surface area (TPSA) is 58.6 Å². The fourth-order valence-electron chi connectivity index (χ4n) is 1.16. The van der Waals surface area contributed by atoms with E-state index in [4.69, 9.17) is 9.84 Å². The van der Waals surface area contributed by atoms with Crippen LogP contribution in [-0.4, -0.2) is 24.2 Å². The Morgan fingerprint density at radius 2 is 2.33 bits per heavy atom. The van der Waals surface area contributed by atoms with Gasteiger partial charge < -0.3 is 15.2 Å². The molecule has 1 rings (SSSR count). The predicted octanol–water partition coefficient (Wildman–Crippen LogP) is 1.15. The van der Waals surface area contributed by atoms with Gasteiger partial charge in [-0.25, -0.2) is 0 Å². The Morgan fingerprint density at radius 3 is 3.00 bits per heavy atom. The standard InChI is InChI=1S/C11H15NO3/c1-2-15-8-9-4-3-5-10(6-9)12-11(14)7-13/h3-6,13H,2,7-8H2,1H3,(H,12,14). The van der Waals surface area contributed by atoms with Crippen molar-refractivity contribution >= 4 is 11.6 Å². The van der Waals surface area contributed by atoms with Gasteiger partial charge in [0.15, 0.2) is 0 Å². The minimum atomic E-state index is -0.504. The van der Waals surface area contributed by atoms with E-state index in [1.807, 2.05) is 25.1 Å². The van der Waals surface area contributed by atoms with Crippen LogP contribution in [0.2, 0.25) is 0 Å². The summed E-state index contributed by atoms with van der Waals surface area (Å²) >= 11 is 0. The first-order valence-corrected chi connectivity index (χ1v) is 4.83. The highest BCUT2D eigenvalue weighted by molar-refractivity contribution is 5.91. The van der Waals surface area contributed by atoms with Gasteiger partial charge in [0.2, 0.25) is 5.91 Å². The van der Waals surface area contributed by atoms with E-state index in [-0.39, 0.29) is 0 Å². The quantitative estimate of drug-likeness (QED) is 0.765. The van der Waals surface area contributed by atoms with Crippen molar-refractivity contribution in [1.82, 2.24) is 0 Å². The molecule has 2 N–H and O–H groups in total. The SMILES string of the molecule is CCOCc1cccc(NC(=O)CO)c1. The summed E-state index contributed by atoms with van der Waals surface area (Å²) < 4.78 is 5.24. The molecule has 4 heteroatoms. The van der Waals surface area contributed by atoms with Gasteiger partial charge >= 0.3 is 0 Å². The number of hydrogen-bond donors (Lipinski definition) is 2. The summed E-state index contributed by atoms with van der Waals surface area (Å²) in [6.45, 7) is 2.61. The van der Waals surface area contributed by atoms with Crippen LogP contribution in [0, 0.1) is 0 Å². The molecule has 0 heterocycles. The van der Waals surface area contributed by atoms with Crippen molar-refractivity contribution < 1.29 is 14.6 Å². The summed E-state index contributed by atoms with van der Waals surface area (Å²) in [6.07, 6.45) is 0. The summed E-state index contributed by atoms with van der Waals surface area (Å²) in [4.78, 5) is 10.9. The highest BCUT2D eigenvalue weighted by Gasteiger charge is 2.00. The van der Waals surface area contributed by atoms with Gasteiger partial charge in [0.1, 0.15) is 6.61 Å². The number of aliphatic hydroxyl groups excluding tert-OH is 1. The van der Waals surface area contributed by atoms with Crippen LogP contribution in [0.1, 0.15) is 12.5 Å². The molecule has 0 unspecified atom stereocenters. The Morgan fingerprint density at radius 1 is 1.53 bits per heavy atom. The zero-order chi connectivity index (χ0) is 11.1. The van der Waals surface area contributed by atoms with Crippen LogP contribution in [0.5, 0.6) is 0 Å². The molecule has 0 aromatic heterocycles. The molecule has 0 bridgehead atoms. The number of rotatable bonds is 5. The number of ether oxygens (including phenoxy) is 1. The second-order valence-corrected chi connectivity index (χ2v) is 3.04. The first kappa shape index (κ1) is 11.7. The Labute approximate surface area is 88.9 Å². The van der Waals surface area contributed by atoms with Gasteiger partial charge in [0, 0.05) is 12.3 Å². The van der Waals surface area contributed by atoms with E-state index in [2.05, 4.69) is 5.32 Å². The number of hydrogen-bond acceptors (Lipinski definition) is 3. The van der Waals surface area contributed by atoms with E-state index in [0.29, 0.717) is 18.9 Å². The van der Waals surface area contributed by atoms with Crippen LogP contribution in [0.15, 0.2) is 24.3 Å². The maximum Gasteiger partial charge on any atom is 0.250 e. The Balaban J connectivity index is 2.61. The molecule has 4 nitrogen and oxygen atoms in total. The summed E-state index contributed by atoms with van der Waals surface area (Å²) in [5.74, 6) is -0.413. The molecule has 1 amide bonds. The monoisotopic (exact) mass is 209 g/mol. The van der Waals surface area contributed by atoms with Crippen molar-refractivity contribution in [1.29, 1.82) is 0 Å². The maximum atomic E-state index is 10.9. The number of carbonyl (C=O) groups excluding carboxylic acids is 1. The first-order valence-electron chi connectivity index (χ1n) is 4.83. The summed E-state index contributed by atoms with van der Waals surface area (Å²) in [5, 5.41) is 11.1. The van der Waals surface area contributed by atoms with Crippen LogP contribution in [0.25, 0.3) is 0 Å². The molecule has 0 saturated heterocycles. The zero-order valence-electron chi connectivity index (χ0n) is 8.69. The summed E-state index contributed by atoms with van der Waals surface area (Å²) in [7, 11) is 0. The Hall–Kier alpha value is -1.39. The number of nitrogens with one attached hydrogen (secondary N) is 1. The van der Waals surface area contributed by atoms with Gasteiger partial charge in [-0.05, 0) is 24.6 Å². The zero-order valence-corrected chi connectivity index (χ0v) is 8.69. The van der Waals surface area contributed by atoms with Gasteiger partial charge in [0.05, 0.1) is 6.61 Å². The van der Waals surface area contributed by atoms with Gasteiger partial charge in [-0.3, -0.25) is 4.79 Å². The van der Waals surface area contributed by atoms with Crippen LogP contribution in [0.3, 0.4) is 0 Å². The van der Waals surface area contributed by atoms with Crippen LogP contribution in [-0.2, 0) is 16.1 Å². The maximum absolute atomic E-state index is 10.9. The molecule has 0 aliphatic heterocycles. The molecule has 15 heavy (non-hydrogen) atoms. The lowest BCUT2D eigenvalue weighted by atomic mass is 10.2. The highest BCUT2D eigenvalue weighted by Crippen LogP contribution is 2.11. The molecule has 0 radical (unpaired) electrons. The number of aliphatic hydroxyl groups is 1. The second kappa shape index (κ2) is 6.16. The predicted molar refractivity (Wildman–Crippen MR) is 57.5 cm³/mol. The van der Waals surface area contributed by atoms with E-state index < -0.39 is 12.5 Å². The van der Waals surface area contributed by atoms with Gasteiger partial charge in [-0.2, -0.15) is 0 Å². The molecule has 0 aliphatic carbocycles. The molecule has 1 aromatic rings. The van der Waals surface area contributed by atoms with Gasteiger partial charge in [-0.1, -0.05) is 12.1 Å². The van der Waals surface area contributed by atoms with Gasteiger partial charge in [0.25, 0.3) is 0 Å².